The molecule has 1 unspecified atom stereocenters. The molecule has 0 saturated carbocycles. The summed E-state index contributed by atoms with van der Waals surface area (Å²) in [6.45, 7) is 3.64. The monoisotopic (exact) mass is 276 g/mol. The first-order chi connectivity index (χ1) is 9.00. The van der Waals surface area contributed by atoms with E-state index < -0.39 is 11.9 Å². The van der Waals surface area contributed by atoms with Gasteiger partial charge < -0.3 is 10.0 Å². The van der Waals surface area contributed by atoms with Gasteiger partial charge in [0.05, 0.1) is 5.92 Å². The Balaban J connectivity index is 2.31. The lowest BCUT2D eigenvalue weighted by atomic mass is 9.96. The van der Waals surface area contributed by atoms with Crippen molar-refractivity contribution in [3.05, 3.63) is 40.9 Å². The molecule has 0 fully saturated rings. The van der Waals surface area contributed by atoms with Crippen LogP contribution in [0.3, 0.4) is 0 Å². The lowest BCUT2D eigenvalue weighted by Gasteiger charge is -2.18. The molecular formula is C14H16N2O2S. The zero-order valence-electron chi connectivity index (χ0n) is 11.1. The van der Waals surface area contributed by atoms with Crippen molar-refractivity contribution in [1.29, 1.82) is 0 Å². The number of anilines is 2. The zero-order chi connectivity index (χ0) is 14.0. The molecule has 0 amide bonds. The average Bonchev–Trinajstić information content (AvgIpc) is 2.90. The molecule has 1 atom stereocenters. The summed E-state index contributed by atoms with van der Waals surface area (Å²) in [5, 5.41) is 11.9. The van der Waals surface area contributed by atoms with Crippen LogP contribution in [0, 0.1) is 6.92 Å². The molecule has 2 aromatic rings. The first kappa shape index (κ1) is 13.5. The van der Waals surface area contributed by atoms with Crippen LogP contribution in [-0.2, 0) is 4.79 Å². The molecule has 0 aliphatic carbocycles. The molecule has 1 N–H and O–H groups in total. The highest BCUT2D eigenvalue weighted by molar-refractivity contribution is 7.13. The average molecular weight is 276 g/mol. The van der Waals surface area contributed by atoms with Crippen LogP contribution in [0.1, 0.15) is 24.0 Å². The summed E-state index contributed by atoms with van der Waals surface area (Å²) in [4.78, 5) is 17.3. The molecular weight excluding hydrogens is 260 g/mol. The van der Waals surface area contributed by atoms with Gasteiger partial charge in [0, 0.05) is 24.3 Å². The molecule has 0 saturated heterocycles. The molecule has 1 heterocycles. The number of thiazole rings is 1. The Morgan fingerprint density at radius 1 is 1.47 bits per heavy atom. The van der Waals surface area contributed by atoms with Gasteiger partial charge in [0.1, 0.15) is 0 Å². The number of hydrogen-bond acceptors (Lipinski definition) is 4. The van der Waals surface area contributed by atoms with Crippen molar-refractivity contribution in [2.45, 2.75) is 19.8 Å². The quantitative estimate of drug-likeness (QED) is 0.929. The van der Waals surface area contributed by atoms with E-state index in [0.29, 0.717) is 0 Å². The Bertz CT molecular complexity index is 581. The van der Waals surface area contributed by atoms with Crippen molar-refractivity contribution in [1.82, 2.24) is 4.98 Å². The lowest BCUT2D eigenvalue weighted by molar-refractivity contribution is -0.138. The van der Waals surface area contributed by atoms with Crippen LogP contribution in [0.5, 0.6) is 0 Å². The van der Waals surface area contributed by atoms with Crippen LogP contribution in [-0.4, -0.2) is 23.1 Å². The second-order valence-electron chi connectivity index (χ2n) is 4.47. The number of carbonyl (C=O) groups is 1. The summed E-state index contributed by atoms with van der Waals surface area (Å²) >= 11 is 1.57. The predicted octanol–water partition coefficient (Wildman–Crippen LogP) is 3.41. The van der Waals surface area contributed by atoms with Crippen LogP contribution in [0.4, 0.5) is 10.8 Å². The van der Waals surface area contributed by atoms with Crippen LogP contribution >= 0.6 is 11.3 Å². The van der Waals surface area contributed by atoms with Crippen LogP contribution in [0.15, 0.2) is 29.8 Å². The van der Waals surface area contributed by atoms with E-state index in [4.69, 9.17) is 5.11 Å². The van der Waals surface area contributed by atoms with E-state index in [1.165, 1.54) is 0 Å². The number of aliphatic carboxylic acids is 1. The van der Waals surface area contributed by atoms with Crippen LogP contribution in [0.2, 0.25) is 0 Å². The Morgan fingerprint density at radius 2 is 2.21 bits per heavy atom. The highest BCUT2D eigenvalue weighted by atomic mass is 32.1. The molecule has 100 valence electrons. The molecule has 19 heavy (non-hydrogen) atoms. The first-order valence-corrected chi connectivity index (χ1v) is 6.85. The zero-order valence-corrected chi connectivity index (χ0v) is 11.9. The lowest BCUT2D eigenvalue weighted by Crippen LogP contribution is -2.12. The topological polar surface area (TPSA) is 53.4 Å². The third kappa shape index (κ3) is 2.76. The highest BCUT2D eigenvalue weighted by Crippen LogP contribution is 2.29. The van der Waals surface area contributed by atoms with E-state index >= 15 is 0 Å². The van der Waals surface area contributed by atoms with E-state index in [1.807, 2.05) is 42.5 Å². The predicted molar refractivity (Wildman–Crippen MR) is 77.4 cm³/mol. The standard InChI is InChI=1S/C14H16N2O2S/c1-9-8-11(16(3)14-15-6-7-19-14)4-5-12(9)10(2)13(17)18/h4-8,10H,1-3H3,(H,17,18). The fourth-order valence-corrected chi connectivity index (χ4v) is 2.61. The molecule has 1 aromatic heterocycles. The minimum absolute atomic E-state index is 0.487. The van der Waals surface area contributed by atoms with E-state index in [0.717, 1.165) is 21.9 Å². The van der Waals surface area contributed by atoms with Crippen LogP contribution in [0.25, 0.3) is 0 Å². The minimum atomic E-state index is -0.802. The van der Waals surface area contributed by atoms with E-state index in [9.17, 15) is 4.79 Å². The Kier molecular flexibility index (Phi) is 3.85. The molecule has 0 radical (unpaired) electrons. The largest absolute Gasteiger partial charge is 0.481 e. The summed E-state index contributed by atoms with van der Waals surface area (Å²) in [5.74, 6) is -1.29. The van der Waals surface area contributed by atoms with E-state index in [1.54, 1.807) is 24.5 Å². The number of rotatable bonds is 4. The van der Waals surface area contributed by atoms with Gasteiger partial charge in [-0.1, -0.05) is 6.07 Å². The van der Waals surface area contributed by atoms with Crippen molar-refractivity contribution in [2.75, 3.05) is 11.9 Å². The summed E-state index contributed by atoms with van der Waals surface area (Å²) in [7, 11) is 1.95. The molecule has 0 aliphatic rings. The maximum atomic E-state index is 11.0. The minimum Gasteiger partial charge on any atom is -0.481 e. The number of nitrogens with zero attached hydrogens (tertiary/aromatic N) is 2. The summed E-state index contributed by atoms with van der Waals surface area (Å²) in [5.41, 5.74) is 2.84. The van der Waals surface area contributed by atoms with Gasteiger partial charge in [-0.15, -0.1) is 11.3 Å². The van der Waals surface area contributed by atoms with Crippen molar-refractivity contribution in [2.24, 2.45) is 0 Å². The maximum Gasteiger partial charge on any atom is 0.310 e. The smallest absolute Gasteiger partial charge is 0.310 e. The number of carboxylic acids is 1. The summed E-state index contributed by atoms with van der Waals surface area (Å²) < 4.78 is 0. The fourth-order valence-electron chi connectivity index (χ4n) is 1.98. The fraction of sp³-hybridized carbons (Fsp3) is 0.286. The number of benzene rings is 1. The van der Waals surface area contributed by atoms with Gasteiger partial charge >= 0.3 is 5.97 Å². The van der Waals surface area contributed by atoms with Gasteiger partial charge in [0.25, 0.3) is 0 Å². The van der Waals surface area contributed by atoms with Gasteiger partial charge in [-0.25, -0.2) is 4.98 Å². The van der Waals surface area contributed by atoms with Gasteiger partial charge in [0.2, 0.25) is 0 Å². The van der Waals surface area contributed by atoms with Crippen molar-refractivity contribution in [3.8, 4) is 0 Å². The Labute approximate surface area is 116 Å². The number of carboxylic acid groups (broad SMARTS) is 1. The van der Waals surface area contributed by atoms with Gasteiger partial charge in [-0.3, -0.25) is 4.79 Å². The third-order valence-corrected chi connectivity index (χ3v) is 4.03. The molecule has 0 spiro atoms. The SMILES string of the molecule is Cc1cc(N(C)c2nccs2)ccc1C(C)C(=O)O. The van der Waals surface area contributed by atoms with Crippen LogP contribution < -0.4 is 4.90 Å². The number of aryl methyl sites for hydroxylation is 1. The third-order valence-electron chi connectivity index (χ3n) is 3.18. The van der Waals surface area contributed by atoms with Gasteiger partial charge in [-0.2, -0.15) is 0 Å². The Morgan fingerprint density at radius 3 is 2.74 bits per heavy atom. The van der Waals surface area contributed by atoms with Gasteiger partial charge in [-0.05, 0) is 37.1 Å². The maximum absolute atomic E-state index is 11.0. The van der Waals surface area contributed by atoms with Crippen molar-refractivity contribution in [3.63, 3.8) is 0 Å². The van der Waals surface area contributed by atoms with Gasteiger partial charge in [0.15, 0.2) is 5.13 Å². The summed E-state index contributed by atoms with van der Waals surface area (Å²) in [6, 6.07) is 5.81. The molecule has 0 aliphatic heterocycles. The number of hydrogen-bond donors (Lipinski definition) is 1. The highest BCUT2D eigenvalue weighted by Gasteiger charge is 2.17. The normalized spacial score (nSPS) is 12.2. The molecule has 1 aromatic carbocycles. The van der Waals surface area contributed by atoms with Crippen molar-refractivity contribution < 1.29 is 9.90 Å². The summed E-state index contributed by atoms with van der Waals surface area (Å²) in [6.07, 6.45) is 1.77. The molecule has 4 nitrogen and oxygen atoms in total. The second-order valence-corrected chi connectivity index (χ2v) is 5.35. The number of aromatic nitrogens is 1. The molecule has 2 rings (SSSR count). The van der Waals surface area contributed by atoms with E-state index in [-0.39, 0.29) is 0 Å². The second kappa shape index (κ2) is 5.40. The first-order valence-electron chi connectivity index (χ1n) is 5.97. The van der Waals surface area contributed by atoms with E-state index in [2.05, 4.69) is 4.98 Å². The molecule has 0 bridgehead atoms. The Hall–Kier alpha value is -1.88. The molecule has 5 heteroatoms. The van der Waals surface area contributed by atoms with Crippen molar-refractivity contribution >= 4 is 28.1 Å².